The third-order valence-electron chi connectivity index (χ3n) is 3.51. The highest BCUT2D eigenvalue weighted by Crippen LogP contribution is 2.20. The summed E-state index contributed by atoms with van der Waals surface area (Å²) in [5, 5.41) is 0. The summed E-state index contributed by atoms with van der Waals surface area (Å²) < 4.78 is 2.07. The third-order valence-corrected chi connectivity index (χ3v) is 3.51. The van der Waals surface area contributed by atoms with E-state index >= 15 is 0 Å². The second-order valence-electron chi connectivity index (χ2n) is 4.67. The van der Waals surface area contributed by atoms with E-state index in [1.807, 2.05) is 18.2 Å². The van der Waals surface area contributed by atoms with Gasteiger partial charge in [0.1, 0.15) is 0 Å². The van der Waals surface area contributed by atoms with Crippen molar-refractivity contribution >= 4 is 17.0 Å². The van der Waals surface area contributed by atoms with Crippen molar-refractivity contribution in [2.75, 3.05) is 5.73 Å². The van der Waals surface area contributed by atoms with Crippen LogP contribution in [0.2, 0.25) is 0 Å². The molecule has 0 spiro atoms. The van der Waals surface area contributed by atoms with Gasteiger partial charge in [0.2, 0.25) is 5.95 Å². The highest BCUT2D eigenvalue weighted by atomic mass is 15.1. The Kier molecular flexibility index (Phi) is 2.95. The van der Waals surface area contributed by atoms with Crippen LogP contribution in [0.25, 0.3) is 11.0 Å². The average molecular weight is 251 g/mol. The Bertz CT molecular complexity index is 713. The van der Waals surface area contributed by atoms with Gasteiger partial charge in [-0.2, -0.15) is 0 Å². The lowest BCUT2D eigenvalue weighted by molar-refractivity contribution is 0.825. The smallest absolute Gasteiger partial charge is 0.201 e. The molecule has 3 rings (SSSR count). The van der Waals surface area contributed by atoms with E-state index in [9.17, 15) is 0 Å². The average Bonchev–Trinajstić information content (AvgIpc) is 2.76. The van der Waals surface area contributed by atoms with Gasteiger partial charge in [-0.1, -0.05) is 43.3 Å². The molecule has 19 heavy (non-hydrogen) atoms. The first-order valence-corrected chi connectivity index (χ1v) is 6.57. The van der Waals surface area contributed by atoms with Crippen molar-refractivity contribution in [2.45, 2.75) is 19.9 Å². The van der Waals surface area contributed by atoms with Gasteiger partial charge in [-0.15, -0.1) is 0 Å². The van der Waals surface area contributed by atoms with Crippen molar-refractivity contribution in [1.29, 1.82) is 0 Å². The van der Waals surface area contributed by atoms with Crippen molar-refractivity contribution in [1.82, 2.24) is 9.55 Å². The first kappa shape index (κ1) is 11.8. The summed E-state index contributed by atoms with van der Waals surface area (Å²) in [4.78, 5) is 4.41. The molecular formula is C16H17N3. The highest BCUT2D eigenvalue weighted by molar-refractivity contribution is 5.78. The largest absolute Gasteiger partial charge is 0.369 e. The molecule has 3 aromatic rings. The molecule has 1 aromatic heterocycles. The van der Waals surface area contributed by atoms with Gasteiger partial charge >= 0.3 is 0 Å². The molecule has 0 bridgehead atoms. The van der Waals surface area contributed by atoms with Crippen LogP contribution in [-0.4, -0.2) is 9.55 Å². The molecule has 96 valence electrons. The van der Waals surface area contributed by atoms with E-state index in [-0.39, 0.29) is 0 Å². The molecule has 2 N–H and O–H groups in total. The summed E-state index contributed by atoms with van der Waals surface area (Å²) in [5.41, 5.74) is 10.8. The Labute approximate surface area is 112 Å². The number of benzene rings is 2. The maximum atomic E-state index is 6.04. The number of rotatable bonds is 3. The molecule has 2 aromatic carbocycles. The van der Waals surface area contributed by atoms with Crippen molar-refractivity contribution in [3.63, 3.8) is 0 Å². The SMILES string of the molecule is CCc1ccccc1Cn1c(N)nc2ccccc21. The molecule has 0 aliphatic rings. The van der Waals surface area contributed by atoms with E-state index in [2.05, 4.69) is 46.8 Å². The fraction of sp³-hybridized carbons (Fsp3) is 0.188. The molecule has 0 fully saturated rings. The van der Waals surface area contributed by atoms with E-state index in [1.165, 1.54) is 11.1 Å². The van der Waals surface area contributed by atoms with Crippen LogP contribution in [0.5, 0.6) is 0 Å². The maximum absolute atomic E-state index is 6.04. The van der Waals surface area contributed by atoms with Crippen molar-refractivity contribution < 1.29 is 0 Å². The zero-order valence-electron chi connectivity index (χ0n) is 11.0. The minimum atomic E-state index is 0.576. The normalized spacial score (nSPS) is 11.0. The van der Waals surface area contributed by atoms with Crippen LogP contribution in [0, 0.1) is 0 Å². The van der Waals surface area contributed by atoms with E-state index in [1.54, 1.807) is 0 Å². The predicted octanol–water partition coefficient (Wildman–Crippen LogP) is 3.23. The highest BCUT2D eigenvalue weighted by Gasteiger charge is 2.09. The topological polar surface area (TPSA) is 43.8 Å². The van der Waals surface area contributed by atoms with E-state index < -0.39 is 0 Å². The first-order valence-electron chi connectivity index (χ1n) is 6.57. The van der Waals surface area contributed by atoms with Crippen LogP contribution >= 0.6 is 0 Å². The van der Waals surface area contributed by atoms with Gasteiger partial charge in [0.05, 0.1) is 17.6 Å². The number of para-hydroxylation sites is 2. The Morgan fingerprint density at radius 2 is 1.68 bits per heavy atom. The number of imidazole rings is 1. The Balaban J connectivity index is 2.08. The minimum Gasteiger partial charge on any atom is -0.369 e. The van der Waals surface area contributed by atoms with Gasteiger partial charge in [0.15, 0.2) is 0 Å². The van der Waals surface area contributed by atoms with Crippen LogP contribution in [0.15, 0.2) is 48.5 Å². The molecular weight excluding hydrogens is 234 g/mol. The molecule has 0 amide bonds. The molecule has 1 heterocycles. The van der Waals surface area contributed by atoms with Gasteiger partial charge in [-0.05, 0) is 29.7 Å². The third kappa shape index (κ3) is 2.08. The first-order chi connectivity index (χ1) is 9.29. The number of anilines is 1. The molecule has 0 atom stereocenters. The van der Waals surface area contributed by atoms with Gasteiger partial charge < -0.3 is 10.3 Å². The molecule has 0 aliphatic heterocycles. The van der Waals surface area contributed by atoms with Crippen molar-refractivity contribution in [3.8, 4) is 0 Å². The van der Waals surface area contributed by atoms with E-state index in [0.29, 0.717) is 5.95 Å². The van der Waals surface area contributed by atoms with Gasteiger partial charge in [-0.3, -0.25) is 0 Å². The molecule has 3 nitrogen and oxygen atoms in total. The van der Waals surface area contributed by atoms with Gasteiger partial charge in [0.25, 0.3) is 0 Å². The lowest BCUT2D eigenvalue weighted by Gasteiger charge is -2.10. The second-order valence-corrected chi connectivity index (χ2v) is 4.67. The monoisotopic (exact) mass is 251 g/mol. The number of nitrogens with two attached hydrogens (primary N) is 1. The number of hydrogen-bond acceptors (Lipinski definition) is 2. The lowest BCUT2D eigenvalue weighted by atomic mass is 10.1. The summed E-state index contributed by atoms with van der Waals surface area (Å²) >= 11 is 0. The minimum absolute atomic E-state index is 0.576. The zero-order chi connectivity index (χ0) is 13.2. The number of aromatic nitrogens is 2. The van der Waals surface area contributed by atoms with Crippen LogP contribution in [-0.2, 0) is 13.0 Å². The standard InChI is InChI=1S/C16H17N3/c1-2-12-7-3-4-8-13(12)11-19-15-10-6-5-9-14(15)18-16(19)17/h3-10H,2,11H2,1H3,(H2,17,18). The van der Waals surface area contributed by atoms with Crippen LogP contribution in [0.4, 0.5) is 5.95 Å². The molecule has 0 radical (unpaired) electrons. The maximum Gasteiger partial charge on any atom is 0.201 e. The number of nitrogen functional groups attached to an aromatic ring is 1. The predicted molar refractivity (Wildman–Crippen MR) is 79.1 cm³/mol. The number of fused-ring (bicyclic) bond motifs is 1. The van der Waals surface area contributed by atoms with Crippen LogP contribution < -0.4 is 5.73 Å². The van der Waals surface area contributed by atoms with Crippen LogP contribution in [0.3, 0.4) is 0 Å². The summed E-state index contributed by atoms with van der Waals surface area (Å²) in [7, 11) is 0. The second kappa shape index (κ2) is 4.76. The van der Waals surface area contributed by atoms with Gasteiger partial charge in [0, 0.05) is 0 Å². The Morgan fingerprint density at radius 3 is 2.47 bits per heavy atom. The lowest BCUT2D eigenvalue weighted by Crippen LogP contribution is -2.06. The molecule has 0 aliphatic carbocycles. The fourth-order valence-electron chi connectivity index (χ4n) is 2.49. The summed E-state index contributed by atoms with van der Waals surface area (Å²) in [6.45, 7) is 2.95. The number of aryl methyl sites for hydroxylation is 1. The summed E-state index contributed by atoms with van der Waals surface area (Å²) in [6, 6.07) is 16.5. The molecule has 0 saturated carbocycles. The molecule has 3 heteroatoms. The summed E-state index contributed by atoms with van der Waals surface area (Å²) in [5.74, 6) is 0.576. The zero-order valence-corrected chi connectivity index (χ0v) is 11.0. The Hall–Kier alpha value is -2.29. The number of hydrogen-bond donors (Lipinski definition) is 1. The van der Waals surface area contributed by atoms with Crippen LogP contribution in [0.1, 0.15) is 18.1 Å². The number of nitrogens with zero attached hydrogens (tertiary/aromatic N) is 2. The van der Waals surface area contributed by atoms with Gasteiger partial charge in [-0.25, -0.2) is 4.98 Å². The fourth-order valence-corrected chi connectivity index (χ4v) is 2.49. The molecule has 0 unspecified atom stereocenters. The Morgan fingerprint density at radius 1 is 1.00 bits per heavy atom. The quantitative estimate of drug-likeness (QED) is 0.776. The van der Waals surface area contributed by atoms with Crippen molar-refractivity contribution in [3.05, 3.63) is 59.7 Å². The van der Waals surface area contributed by atoms with E-state index in [4.69, 9.17) is 5.73 Å². The van der Waals surface area contributed by atoms with E-state index in [0.717, 1.165) is 24.0 Å². The summed E-state index contributed by atoms with van der Waals surface area (Å²) in [6.07, 6.45) is 1.03. The molecule has 0 saturated heterocycles. The van der Waals surface area contributed by atoms with Crippen molar-refractivity contribution in [2.24, 2.45) is 0 Å².